The van der Waals surface area contributed by atoms with Gasteiger partial charge in [0.1, 0.15) is 11.6 Å². The van der Waals surface area contributed by atoms with E-state index in [1.165, 1.54) is 6.07 Å². The molecule has 0 bridgehead atoms. The lowest BCUT2D eigenvalue weighted by molar-refractivity contribution is -0.125. The third-order valence-corrected chi connectivity index (χ3v) is 3.82. The van der Waals surface area contributed by atoms with E-state index in [0.717, 1.165) is 5.56 Å². The van der Waals surface area contributed by atoms with Gasteiger partial charge in [0.25, 0.3) is 5.91 Å². The number of carbonyl (C=O) groups excluding carboxylic acids is 1. The van der Waals surface area contributed by atoms with Gasteiger partial charge in [0.2, 0.25) is 6.10 Å². The van der Waals surface area contributed by atoms with E-state index < -0.39 is 6.10 Å². The Morgan fingerprint density at radius 1 is 1.33 bits per heavy atom. The molecule has 1 heterocycles. The van der Waals surface area contributed by atoms with Gasteiger partial charge < -0.3 is 14.9 Å². The van der Waals surface area contributed by atoms with Crippen LogP contribution in [0.5, 0.6) is 5.75 Å². The molecule has 0 aliphatic carbocycles. The van der Waals surface area contributed by atoms with E-state index in [1.807, 2.05) is 24.3 Å². The van der Waals surface area contributed by atoms with E-state index >= 15 is 0 Å². The van der Waals surface area contributed by atoms with Crippen molar-refractivity contribution < 1.29 is 18.8 Å². The number of carbonyl (C=O) groups is 1. The smallest absolute Gasteiger partial charge is 0.268 e. The average molecular weight is 328 g/mol. The van der Waals surface area contributed by atoms with Crippen LogP contribution in [-0.2, 0) is 9.63 Å². The van der Waals surface area contributed by atoms with Crippen molar-refractivity contribution in [1.82, 2.24) is 0 Å². The molecule has 1 aliphatic rings. The SMILES string of the molecule is COc1ccccc1C1=NOC(C(=O)Nc2ccc(C)c(F)c2)C1. The minimum absolute atomic E-state index is 0.320. The monoisotopic (exact) mass is 328 g/mol. The van der Waals surface area contributed by atoms with Gasteiger partial charge in [-0.2, -0.15) is 0 Å². The van der Waals surface area contributed by atoms with E-state index in [9.17, 15) is 9.18 Å². The lowest BCUT2D eigenvalue weighted by atomic mass is 10.0. The number of hydrogen-bond donors (Lipinski definition) is 1. The zero-order valence-corrected chi connectivity index (χ0v) is 13.4. The third-order valence-electron chi connectivity index (χ3n) is 3.82. The number of ether oxygens (including phenoxy) is 1. The molecule has 1 atom stereocenters. The van der Waals surface area contributed by atoms with Crippen molar-refractivity contribution in [3.63, 3.8) is 0 Å². The maximum Gasteiger partial charge on any atom is 0.268 e. The molecule has 0 radical (unpaired) electrons. The molecular weight excluding hydrogens is 311 g/mol. The number of hydrogen-bond acceptors (Lipinski definition) is 4. The summed E-state index contributed by atoms with van der Waals surface area (Å²) in [5.41, 5.74) is 2.34. The molecule has 3 rings (SSSR count). The van der Waals surface area contributed by atoms with E-state index in [2.05, 4.69) is 10.5 Å². The summed E-state index contributed by atoms with van der Waals surface area (Å²) in [5, 5.41) is 6.64. The second-order valence-corrected chi connectivity index (χ2v) is 5.49. The van der Waals surface area contributed by atoms with Crippen molar-refractivity contribution in [2.45, 2.75) is 19.4 Å². The zero-order chi connectivity index (χ0) is 17.1. The Morgan fingerprint density at radius 2 is 2.12 bits per heavy atom. The van der Waals surface area contributed by atoms with Crippen LogP contribution in [0.15, 0.2) is 47.6 Å². The molecular formula is C18H17FN2O3. The van der Waals surface area contributed by atoms with E-state index in [4.69, 9.17) is 9.57 Å². The van der Waals surface area contributed by atoms with Crippen molar-refractivity contribution in [3.05, 3.63) is 59.4 Å². The molecule has 0 aromatic heterocycles. The summed E-state index contributed by atoms with van der Waals surface area (Å²) >= 11 is 0. The number of halogens is 1. The molecule has 0 fully saturated rings. The Kier molecular flexibility index (Phi) is 4.46. The van der Waals surface area contributed by atoms with Crippen LogP contribution in [0.2, 0.25) is 0 Å². The average Bonchev–Trinajstić information content (AvgIpc) is 3.08. The van der Waals surface area contributed by atoms with Gasteiger partial charge in [-0.25, -0.2) is 4.39 Å². The molecule has 1 N–H and O–H groups in total. The second kappa shape index (κ2) is 6.70. The van der Waals surface area contributed by atoms with Crippen molar-refractivity contribution >= 4 is 17.3 Å². The number of amides is 1. The molecule has 24 heavy (non-hydrogen) atoms. The maximum atomic E-state index is 13.6. The van der Waals surface area contributed by atoms with Crippen LogP contribution in [0.3, 0.4) is 0 Å². The molecule has 5 nitrogen and oxygen atoms in total. The third kappa shape index (κ3) is 3.22. The molecule has 124 valence electrons. The summed E-state index contributed by atoms with van der Waals surface area (Å²) in [6.07, 6.45) is -0.435. The fraction of sp³-hybridized carbons (Fsp3) is 0.222. The minimum atomic E-state index is -0.755. The van der Waals surface area contributed by atoms with E-state index in [1.54, 1.807) is 26.2 Å². The number of oxime groups is 1. The first-order chi connectivity index (χ1) is 11.6. The Morgan fingerprint density at radius 3 is 2.88 bits per heavy atom. The van der Waals surface area contributed by atoms with Gasteiger partial charge in [0.15, 0.2) is 0 Å². The van der Waals surface area contributed by atoms with Gasteiger partial charge >= 0.3 is 0 Å². The van der Waals surface area contributed by atoms with Crippen LogP contribution in [-0.4, -0.2) is 24.8 Å². The first-order valence-corrected chi connectivity index (χ1v) is 7.51. The lowest BCUT2D eigenvalue weighted by Gasteiger charge is -2.10. The highest BCUT2D eigenvalue weighted by molar-refractivity contribution is 6.07. The molecule has 6 heteroatoms. The van der Waals surface area contributed by atoms with Crippen LogP contribution in [0.1, 0.15) is 17.5 Å². The Bertz CT molecular complexity index is 805. The highest BCUT2D eigenvalue weighted by Gasteiger charge is 2.30. The number of rotatable bonds is 4. The van der Waals surface area contributed by atoms with Gasteiger partial charge in [0, 0.05) is 17.7 Å². The van der Waals surface area contributed by atoms with Crippen LogP contribution in [0.4, 0.5) is 10.1 Å². The van der Waals surface area contributed by atoms with Gasteiger partial charge in [0.05, 0.1) is 12.8 Å². The molecule has 0 saturated carbocycles. The number of methoxy groups -OCH3 is 1. The first kappa shape index (κ1) is 16.0. The van der Waals surface area contributed by atoms with Crippen LogP contribution < -0.4 is 10.1 Å². The van der Waals surface area contributed by atoms with Crippen molar-refractivity contribution in [1.29, 1.82) is 0 Å². The quantitative estimate of drug-likeness (QED) is 0.937. The standard InChI is InChI=1S/C18H17FN2O3/c1-11-7-8-12(9-14(11)19)20-18(22)17-10-15(21-24-17)13-5-3-4-6-16(13)23-2/h3-9,17H,10H2,1-2H3,(H,20,22). The highest BCUT2D eigenvalue weighted by atomic mass is 19.1. The summed E-state index contributed by atoms with van der Waals surface area (Å²) in [4.78, 5) is 17.5. The topological polar surface area (TPSA) is 59.9 Å². The summed E-state index contributed by atoms with van der Waals surface area (Å²) in [5.74, 6) is -0.0699. The molecule has 1 aliphatic heterocycles. The van der Waals surface area contributed by atoms with Crippen LogP contribution in [0.25, 0.3) is 0 Å². The summed E-state index contributed by atoms with van der Waals surface area (Å²) < 4.78 is 18.8. The molecule has 2 aromatic carbocycles. The van der Waals surface area contributed by atoms with Gasteiger partial charge in [-0.1, -0.05) is 23.4 Å². The second-order valence-electron chi connectivity index (χ2n) is 5.49. The predicted molar refractivity (Wildman–Crippen MR) is 88.8 cm³/mol. The summed E-state index contributed by atoms with van der Waals surface area (Å²) in [6, 6.07) is 11.9. The molecule has 0 spiro atoms. The number of aryl methyl sites for hydroxylation is 1. The number of para-hydroxylation sites is 1. The number of anilines is 1. The Labute approximate surface area is 139 Å². The van der Waals surface area contributed by atoms with Crippen molar-refractivity contribution in [2.75, 3.05) is 12.4 Å². The van der Waals surface area contributed by atoms with E-state index in [-0.39, 0.29) is 11.7 Å². The first-order valence-electron chi connectivity index (χ1n) is 7.51. The molecule has 2 aromatic rings. The number of benzene rings is 2. The maximum absolute atomic E-state index is 13.6. The Hall–Kier alpha value is -2.89. The number of nitrogens with one attached hydrogen (secondary N) is 1. The summed E-state index contributed by atoms with van der Waals surface area (Å²) in [7, 11) is 1.57. The largest absolute Gasteiger partial charge is 0.496 e. The normalized spacial score (nSPS) is 16.3. The van der Waals surface area contributed by atoms with E-state index in [0.29, 0.717) is 29.1 Å². The number of nitrogens with zero attached hydrogens (tertiary/aromatic N) is 1. The molecule has 1 unspecified atom stereocenters. The predicted octanol–water partition coefficient (Wildman–Crippen LogP) is 3.27. The van der Waals surface area contributed by atoms with Crippen molar-refractivity contribution in [2.24, 2.45) is 5.16 Å². The van der Waals surface area contributed by atoms with Gasteiger partial charge in [-0.15, -0.1) is 0 Å². The lowest BCUT2D eigenvalue weighted by Crippen LogP contribution is -2.28. The molecule has 0 saturated heterocycles. The minimum Gasteiger partial charge on any atom is -0.496 e. The molecule has 1 amide bonds. The summed E-state index contributed by atoms with van der Waals surface area (Å²) in [6.45, 7) is 1.66. The Balaban J connectivity index is 1.68. The zero-order valence-electron chi connectivity index (χ0n) is 13.4. The van der Waals surface area contributed by atoms with Gasteiger partial charge in [-0.05, 0) is 36.8 Å². The fourth-order valence-electron chi connectivity index (χ4n) is 2.45. The van der Waals surface area contributed by atoms with Crippen LogP contribution in [0, 0.1) is 12.7 Å². The highest BCUT2D eigenvalue weighted by Crippen LogP contribution is 2.25. The van der Waals surface area contributed by atoms with Crippen molar-refractivity contribution in [3.8, 4) is 5.75 Å². The fourth-order valence-corrected chi connectivity index (χ4v) is 2.45. The van der Waals surface area contributed by atoms with Gasteiger partial charge in [-0.3, -0.25) is 4.79 Å². The van der Waals surface area contributed by atoms with Crippen LogP contribution >= 0.6 is 0 Å².